The second kappa shape index (κ2) is 12.2. The molecule has 0 saturated carbocycles. The van der Waals surface area contributed by atoms with Crippen LogP contribution in [0.4, 0.5) is 0 Å². The zero-order valence-corrected chi connectivity index (χ0v) is 24.1. The third kappa shape index (κ3) is 5.45. The molecule has 0 saturated heterocycles. The van der Waals surface area contributed by atoms with Gasteiger partial charge in [0.25, 0.3) is 0 Å². The van der Waals surface area contributed by atoms with E-state index < -0.39 is 5.92 Å². The summed E-state index contributed by atoms with van der Waals surface area (Å²) in [4.78, 5) is 10.1. The average molecular weight is 570 g/mol. The highest BCUT2D eigenvalue weighted by Crippen LogP contribution is 2.33. The standard InChI is InChI=1S/C33H31N9O/c1-3-5-13-30-35-28-19-27(29-12-8-9-18-42(29)43)31(23(4-2)20-34)36-33(28)41(30)21-22-14-16-24(17-15-22)25-10-6-7-11-26(25)32-37-39-40-38-32/h6-12,14-19,23H,3-5,13,21H2,1-2H3,(H,37,38,39,40). The summed E-state index contributed by atoms with van der Waals surface area (Å²) in [6.07, 6.45) is 4.87. The molecule has 214 valence electrons. The van der Waals surface area contributed by atoms with Crippen LogP contribution in [0.5, 0.6) is 0 Å². The highest BCUT2D eigenvalue weighted by atomic mass is 16.5. The number of pyridine rings is 2. The van der Waals surface area contributed by atoms with Gasteiger partial charge in [-0.1, -0.05) is 68.8 Å². The van der Waals surface area contributed by atoms with Crippen LogP contribution in [-0.4, -0.2) is 35.2 Å². The van der Waals surface area contributed by atoms with E-state index in [4.69, 9.17) is 9.97 Å². The maximum Gasteiger partial charge on any atom is 0.225 e. The van der Waals surface area contributed by atoms with Crippen LogP contribution in [0.15, 0.2) is 79.0 Å². The summed E-state index contributed by atoms with van der Waals surface area (Å²) in [5.74, 6) is 1.03. The molecule has 1 unspecified atom stereocenters. The van der Waals surface area contributed by atoms with Crippen LogP contribution in [-0.2, 0) is 13.0 Å². The number of fused-ring (bicyclic) bond motifs is 1. The lowest BCUT2D eigenvalue weighted by molar-refractivity contribution is -0.593. The molecule has 0 spiro atoms. The lowest BCUT2D eigenvalue weighted by Gasteiger charge is -2.14. The summed E-state index contributed by atoms with van der Waals surface area (Å²) in [5, 5.41) is 37.3. The molecule has 0 fully saturated rings. The number of H-pyrrole nitrogens is 1. The molecule has 10 nitrogen and oxygen atoms in total. The van der Waals surface area contributed by atoms with Crippen LogP contribution in [0.1, 0.15) is 56.1 Å². The van der Waals surface area contributed by atoms with Gasteiger partial charge in [-0.25, -0.2) is 9.97 Å². The fourth-order valence-corrected chi connectivity index (χ4v) is 5.43. The topological polar surface area (TPSA) is 136 Å². The van der Waals surface area contributed by atoms with E-state index in [2.05, 4.69) is 62.4 Å². The molecule has 6 rings (SSSR count). The van der Waals surface area contributed by atoms with Crippen molar-refractivity contribution < 1.29 is 4.73 Å². The van der Waals surface area contributed by atoms with Gasteiger partial charge in [0.05, 0.1) is 29.8 Å². The van der Waals surface area contributed by atoms with E-state index in [0.29, 0.717) is 41.3 Å². The molecule has 4 heterocycles. The summed E-state index contributed by atoms with van der Waals surface area (Å²) in [7, 11) is 0. The Morgan fingerprint density at radius 2 is 1.77 bits per heavy atom. The second-order valence-electron chi connectivity index (χ2n) is 10.5. The molecule has 10 heteroatoms. The van der Waals surface area contributed by atoms with E-state index in [9.17, 15) is 10.5 Å². The summed E-state index contributed by atoms with van der Waals surface area (Å²) < 4.78 is 2.98. The summed E-state index contributed by atoms with van der Waals surface area (Å²) in [5.41, 5.74) is 7.21. The van der Waals surface area contributed by atoms with Crippen LogP contribution >= 0.6 is 0 Å². The number of nitrogens with one attached hydrogen (secondary N) is 1. The van der Waals surface area contributed by atoms with Crippen LogP contribution in [0.2, 0.25) is 0 Å². The van der Waals surface area contributed by atoms with Crippen molar-refractivity contribution in [2.45, 2.75) is 52.0 Å². The van der Waals surface area contributed by atoms with E-state index in [-0.39, 0.29) is 0 Å². The van der Waals surface area contributed by atoms with Gasteiger partial charge in [0.2, 0.25) is 11.5 Å². The first-order valence-corrected chi connectivity index (χ1v) is 14.5. The summed E-state index contributed by atoms with van der Waals surface area (Å²) >= 11 is 0. The molecule has 0 bridgehead atoms. The first-order valence-electron chi connectivity index (χ1n) is 14.5. The number of aromatic amines is 1. The Kier molecular flexibility index (Phi) is 7.87. The van der Waals surface area contributed by atoms with Gasteiger partial charge in [-0.15, -0.1) is 10.2 Å². The number of nitriles is 1. The van der Waals surface area contributed by atoms with Crippen LogP contribution in [0.25, 0.3) is 44.9 Å². The average Bonchev–Trinajstić information content (AvgIpc) is 3.70. The number of rotatable bonds is 10. The number of benzene rings is 2. The number of tetrazole rings is 1. The smallest absolute Gasteiger partial charge is 0.225 e. The van der Waals surface area contributed by atoms with Gasteiger partial charge < -0.3 is 9.77 Å². The van der Waals surface area contributed by atoms with Crippen LogP contribution in [0, 0.1) is 16.5 Å². The number of hydrogen-bond acceptors (Lipinski definition) is 7. The minimum atomic E-state index is -0.458. The predicted octanol–water partition coefficient (Wildman–Crippen LogP) is 5.99. The van der Waals surface area contributed by atoms with Crippen molar-refractivity contribution in [3.8, 4) is 39.8 Å². The fraction of sp³-hybridized carbons (Fsp3) is 0.242. The number of unbranched alkanes of at least 4 members (excludes halogenated alkanes) is 1. The number of imidazole rings is 1. The number of aromatic nitrogens is 8. The molecular weight excluding hydrogens is 538 g/mol. The van der Waals surface area contributed by atoms with Gasteiger partial charge in [0, 0.05) is 24.1 Å². The zero-order chi connectivity index (χ0) is 29.8. The Morgan fingerprint density at radius 3 is 2.47 bits per heavy atom. The lowest BCUT2D eigenvalue weighted by Crippen LogP contribution is -2.28. The van der Waals surface area contributed by atoms with Crippen molar-refractivity contribution >= 4 is 11.2 Å². The van der Waals surface area contributed by atoms with Crippen molar-refractivity contribution in [3.05, 3.63) is 101 Å². The highest BCUT2D eigenvalue weighted by Gasteiger charge is 2.24. The Labute approximate surface area is 249 Å². The molecule has 6 aromatic rings. The van der Waals surface area contributed by atoms with Crippen LogP contribution < -0.4 is 4.73 Å². The first kappa shape index (κ1) is 27.7. The van der Waals surface area contributed by atoms with Gasteiger partial charge >= 0.3 is 0 Å². The van der Waals surface area contributed by atoms with Crippen LogP contribution in [0.3, 0.4) is 0 Å². The molecule has 2 aromatic carbocycles. The molecule has 1 atom stereocenters. The molecule has 0 amide bonds. The monoisotopic (exact) mass is 569 g/mol. The Bertz CT molecular complexity index is 1900. The lowest BCUT2D eigenvalue weighted by atomic mass is 9.96. The van der Waals surface area contributed by atoms with E-state index in [1.807, 2.05) is 43.3 Å². The predicted molar refractivity (Wildman–Crippen MR) is 163 cm³/mol. The molecule has 0 aliphatic rings. The van der Waals surface area contributed by atoms with Gasteiger partial charge in [0.15, 0.2) is 11.8 Å². The van der Waals surface area contributed by atoms with E-state index in [1.165, 1.54) is 6.20 Å². The highest BCUT2D eigenvalue weighted by molar-refractivity contribution is 5.81. The van der Waals surface area contributed by atoms with Gasteiger partial charge in [-0.3, -0.25) is 0 Å². The maximum atomic E-state index is 12.7. The van der Waals surface area contributed by atoms with Crippen molar-refractivity contribution in [3.63, 3.8) is 0 Å². The van der Waals surface area contributed by atoms with Crippen molar-refractivity contribution in [2.75, 3.05) is 0 Å². The quantitative estimate of drug-likeness (QED) is 0.158. The molecule has 0 radical (unpaired) electrons. The molecule has 1 N–H and O–H groups in total. The number of hydrogen-bond donors (Lipinski definition) is 1. The van der Waals surface area contributed by atoms with E-state index >= 15 is 0 Å². The van der Waals surface area contributed by atoms with Gasteiger partial charge in [0.1, 0.15) is 11.3 Å². The minimum Gasteiger partial charge on any atom is -0.618 e. The van der Waals surface area contributed by atoms with E-state index in [1.54, 1.807) is 12.1 Å². The van der Waals surface area contributed by atoms with Crippen molar-refractivity contribution in [1.29, 1.82) is 5.26 Å². The molecule has 0 aliphatic carbocycles. The number of nitrogens with zero attached hydrogens (tertiary/aromatic N) is 8. The van der Waals surface area contributed by atoms with Gasteiger partial charge in [-0.05, 0) is 46.9 Å². The Balaban J connectivity index is 1.43. The Hall–Kier alpha value is -5.43. The third-order valence-corrected chi connectivity index (χ3v) is 7.70. The fourth-order valence-electron chi connectivity index (χ4n) is 5.43. The molecular formula is C33H31N9O. The zero-order valence-electron chi connectivity index (χ0n) is 24.1. The van der Waals surface area contributed by atoms with Crippen molar-refractivity contribution in [1.82, 2.24) is 35.2 Å². The minimum absolute atomic E-state index is 0.458. The SMILES string of the molecule is CCCCc1nc2cc(-c3cccc[n+]3[O-])c(C(C#N)CC)nc2n1Cc1ccc(-c2ccccc2-c2nn[nH]n2)cc1. The largest absolute Gasteiger partial charge is 0.618 e. The number of aryl methyl sites for hydroxylation is 1. The van der Waals surface area contributed by atoms with Crippen molar-refractivity contribution in [2.24, 2.45) is 0 Å². The molecule has 4 aromatic heterocycles. The third-order valence-electron chi connectivity index (χ3n) is 7.70. The molecule has 0 aliphatic heterocycles. The maximum absolute atomic E-state index is 12.7. The Morgan fingerprint density at radius 1 is 0.977 bits per heavy atom. The normalized spacial score (nSPS) is 11.9. The van der Waals surface area contributed by atoms with Gasteiger partial charge in [-0.2, -0.15) is 15.2 Å². The molecule has 43 heavy (non-hydrogen) atoms. The second-order valence-corrected chi connectivity index (χ2v) is 10.5. The first-order chi connectivity index (χ1) is 21.1. The summed E-state index contributed by atoms with van der Waals surface area (Å²) in [6.45, 7) is 4.69. The van der Waals surface area contributed by atoms with E-state index in [0.717, 1.165) is 57.7 Å². The summed E-state index contributed by atoms with van der Waals surface area (Å²) in [6, 6.07) is 26.0.